The number of carbonyl (C=O) groups excluding carboxylic acids is 4. The quantitative estimate of drug-likeness (QED) is 0.422. The predicted octanol–water partition coefficient (Wildman–Crippen LogP) is 2.19. The average molecular weight is 489 g/mol. The number of methoxy groups -OCH3 is 1. The molecule has 1 aliphatic heterocycles. The van der Waals surface area contributed by atoms with Gasteiger partial charge < -0.3 is 24.8 Å². The molecular weight excluding hydrogens is 464 g/mol. The first kappa shape index (κ1) is 24.0. The summed E-state index contributed by atoms with van der Waals surface area (Å²) < 4.78 is 9.88. The molecule has 34 heavy (non-hydrogen) atoms. The van der Waals surface area contributed by atoms with Crippen molar-refractivity contribution in [3.63, 3.8) is 0 Å². The molecule has 1 fully saturated rings. The van der Waals surface area contributed by atoms with Crippen molar-refractivity contribution in [1.29, 1.82) is 0 Å². The third-order valence-corrected chi connectivity index (χ3v) is 6.48. The van der Waals surface area contributed by atoms with Crippen LogP contribution < -0.4 is 5.32 Å². The molecule has 180 valence electrons. The van der Waals surface area contributed by atoms with E-state index < -0.39 is 23.6 Å². The Morgan fingerprint density at radius 2 is 1.97 bits per heavy atom. The van der Waals surface area contributed by atoms with Gasteiger partial charge in [0.1, 0.15) is 11.3 Å². The van der Waals surface area contributed by atoms with Gasteiger partial charge in [0.25, 0.3) is 5.91 Å². The largest absolute Gasteiger partial charge is 0.466 e. The van der Waals surface area contributed by atoms with Crippen LogP contribution in [0.15, 0.2) is 35.1 Å². The predicted molar refractivity (Wildman–Crippen MR) is 122 cm³/mol. The lowest BCUT2D eigenvalue weighted by Crippen LogP contribution is -2.31. The molecule has 1 saturated carbocycles. The van der Waals surface area contributed by atoms with E-state index >= 15 is 0 Å². The van der Waals surface area contributed by atoms with Crippen LogP contribution in [0.4, 0.5) is 5.69 Å². The van der Waals surface area contributed by atoms with Crippen LogP contribution in [-0.2, 0) is 23.9 Å². The molecule has 2 aliphatic carbocycles. The summed E-state index contributed by atoms with van der Waals surface area (Å²) in [6.07, 6.45) is 3.63. The summed E-state index contributed by atoms with van der Waals surface area (Å²) in [6.45, 7) is 1.56. The summed E-state index contributed by atoms with van der Waals surface area (Å²) in [4.78, 5) is 52.1. The Morgan fingerprint density at radius 1 is 1.24 bits per heavy atom. The number of nitrogens with one attached hydrogen (secondary N) is 1. The van der Waals surface area contributed by atoms with Crippen molar-refractivity contribution in [2.24, 2.45) is 5.92 Å². The van der Waals surface area contributed by atoms with E-state index in [-0.39, 0.29) is 59.8 Å². The van der Waals surface area contributed by atoms with Gasteiger partial charge in [0.05, 0.1) is 43.2 Å². The second kappa shape index (κ2) is 9.60. The van der Waals surface area contributed by atoms with E-state index in [1.54, 1.807) is 19.1 Å². The average Bonchev–Trinajstić information content (AvgIpc) is 3.61. The van der Waals surface area contributed by atoms with Crippen LogP contribution in [0.5, 0.6) is 0 Å². The van der Waals surface area contributed by atoms with Crippen molar-refractivity contribution in [2.75, 3.05) is 38.7 Å². The third-order valence-electron chi connectivity index (χ3n) is 6.17. The summed E-state index contributed by atoms with van der Waals surface area (Å²) in [5, 5.41) is 12.4. The maximum atomic E-state index is 13.2. The number of esters is 2. The first-order chi connectivity index (χ1) is 16.3. The first-order valence-corrected chi connectivity index (χ1v) is 11.4. The highest BCUT2D eigenvalue weighted by Crippen LogP contribution is 2.48. The second-order valence-corrected chi connectivity index (χ2v) is 8.74. The molecule has 1 atom stereocenters. The monoisotopic (exact) mass is 488 g/mol. The SMILES string of the molecule is CCOC(=O)C1=CC(C2CC2)c2cc(Cl)c(NC3=C(C(=O)OC)CN(CCO)C3=O)cc2C1=O. The summed E-state index contributed by atoms with van der Waals surface area (Å²) in [7, 11) is 1.21. The van der Waals surface area contributed by atoms with Gasteiger partial charge in [0.2, 0.25) is 0 Å². The molecule has 1 aromatic carbocycles. The highest BCUT2D eigenvalue weighted by molar-refractivity contribution is 6.34. The molecule has 0 saturated heterocycles. The fourth-order valence-electron chi connectivity index (χ4n) is 4.35. The molecule has 1 amide bonds. The van der Waals surface area contributed by atoms with Gasteiger partial charge in [0.15, 0.2) is 5.78 Å². The standard InChI is InChI=1S/C24H25ClN2O7/c1-3-34-24(32)16-8-13(12-4-5-12)14-9-18(25)19(10-15(14)21(16)29)26-20-17(23(31)33-2)11-27(6-7-28)22(20)30/h8-10,12-13,26,28H,3-7,11H2,1-2H3. The molecule has 0 aromatic heterocycles. The van der Waals surface area contributed by atoms with Crippen LogP contribution >= 0.6 is 11.6 Å². The lowest BCUT2D eigenvalue weighted by molar-refractivity contribution is -0.138. The second-order valence-electron chi connectivity index (χ2n) is 8.33. The minimum absolute atomic E-state index is 0.0138. The fourth-order valence-corrected chi connectivity index (χ4v) is 4.56. The number of nitrogens with zero attached hydrogens (tertiary/aromatic N) is 1. The summed E-state index contributed by atoms with van der Waals surface area (Å²) >= 11 is 6.54. The molecule has 10 heteroatoms. The molecule has 0 bridgehead atoms. The fraction of sp³-hybridized carbons (Fsp3) is 0.417. The Hall–Kier alpha value is -3.17. The van der Waals surface area contributed by atoms with E-state index in [1.807, 2.05) is 0 Å². The number of fused-ring (bicyclic) bond motifs is 1. The summed E-state index contributed by atoms with van der Waals surface area (Å²) in [5.41, 5.74) is 1.29. The lowest BCUT2D eigenvalue weighted by Gasteiger charge is -2.25. The van der Waals surface area contributed by atoms with Gasteiger partial charge in [-0.1, -0.05) is 17.7 Å². The van der Waals surface area contributed by atoms with Crippen molar-refractivity contribution >= 4 is 40.9 Å². The van der Waals surface area contributed by atoms with E-state index in [1.165, 1.54) is 18.1 Å². The number of hydrogen-bond acceptors (Lipinski definition) is 8. The molecule has 0 spiro atoms. The number of anilines is 1. The number of carbonyl (C=O) groups is 4. The van der Waals surface area contributed by atoms with Crippen LogP contribution in [0.25, 0.3) is 0 Å². The van der Waals surface area contributed by atoms with Crippen molar-refractivity contribution in [2.45, 2.75) is 25.7 Å². The number of amides is 1. The van der Waals surface area contributed by atoms with Crippen LogP contribution in [0.2, 0.25) is 5.02 Å². The van der Waals surface area contributed by atoms with Gasteiger partial charge in [-0.3, -0.25) is 9.59 Å². The van der Waals surface area contributed by atoms with Crippen molar-refractivity contribution in [3.05, 3.63) is 51.2 Å². The Kier molecular flexibility index (Phi) is 6.77. The minimum Gasteiger partial charge on any atom is -0.466 e. The number of Topliss-reactive ketones (excluding diaryl/α,β-unsaturated/α-hetero) is 1. The number of hydrogen-bond donors (Lipinski definition) is 2. The van der Waals surface area contributed by atoms with E-state index in [0.717, 1.165) is 18.4 Å². The van der Waals surface area contributed by atoms with Crippen LogP contribution in [0, 0.1) is 5.92 Å². The third kappa shape index (κ3) is 4.33. The number of halogens is 1. The van der Waals surface area contributed by atoms with Crippen LogP contribution in [0.3, 0.4) is 0 Å². The van der Waals surface area contributed by atoms with E-state index in [2.05, 4.69) is 5.32 Å². The van der Waals surface area contributed by atoms with Crippen molar-refractivity contribution in [1.82, 2.24) is 4.90 Å². The molecule has 0 radical (unpaired) electrons. The number of aliphatic hydroxyl groups is 1. The summed E-state index contributed by atoms with van der Waals surface area (Å²) in [6, 6.07) is 3.17. The molecule has 1 unspecified atom stereocenters. The van der Waals surface area contributed by atoms with E-state index in [0.29, 0.717) is 11.5 Å². The number of aliphatic hydroxyl groups excluding tert-OH is 1. The van der Waals surface area contributed by atoms with Crippen LogP contribution in [0.1, 0.15) is 41.6 Å². The molecule has 2 N–H and O–H groups in total. The van der Waals surface area contributed by atoms with Gasteiger partial charge in [-0.25, -0.2) is 9.59 Å². The zero-order chi connectivity index (χ0) is 24.6. The van der Waals surface area contributed by atoms with E-state index in [4.69, 9.17) is 21.1 Å². The van der Waals surface area contributed by atoms with Gasteiger partial charge in [-0.15, -0.1) is 0 Å². The molecule has 1 aromatic rings. The molecule has 3 aliphatic rings. The number of allylic oxidation sites excluding steroid dienone is 1. The van der Waals surface area contributed by atoms with Crippen molar-refractivity contribution in [3.8, 4) is 0 Å². The minimum atomic E-state index is -0.692. The Morgan fingerprint density at radius 3 is 2.59 bits per heavy atom. The topological polar surface area (TPSA) is 122 Å². The van der Waals surface area contributed by atoms with Gasteiger partial charge in [-0.05, 0) is 43.4 Å². The number of ketones is 1. The first-order valence-electron chi connectivity index (χ1n) is 11.1. The van der Waals surface area contributed by atoms with Gasteiger partial charge in [0, 0.05) is 18.0 Å². The maximum Gasteiger partial charge on any atom is 0.341 e. The van der Waals surface area contributed by atoms with Crippen LogP contribution in [-0.4, -0.2) is 67.0 Å². The van der Waals surface area contributed by atoms with Gasteiger partial charge in [-0.2, -0.15) is 0 Å². The number of ether oxygens (including phenoxy) is 2. The number of β-amino-alcohol motifs (C(OH)–C–C–N with tert-alkyl or cyclic N) is 1. The molecule has 9 nitrogen and oxygen atoms in total. The zero-order valence-electron chi connectivity index (χ0n) is 18.9. The number of benzene rings is 1. The normalized spacial score (nSPS) is 19.7. The Bertz CT molecular complexity index is 1140. The zero-order valence-corrected chi connectivity index (χ0v) is 19.6. The molecule has 1 heterocycles. The Labute approximate surface area is 201 Å². The molecular formula is C24H25ClN2O7. The molecule has 4 rings (SSSR count). The lowest BCUT2D eigenvalue weighted by atomic mass is 9.80. The van der Waals surface area contributed by atoms with Gasteiger partial charge >= 0.3 is 11.9 Å². The van der Waals surface area contributed by atoms with E-state index in [9.17, 15) is 24.3 Å². The number of rotatable bonds is 8. The van der Waals surface area contributed by atoms with Crippen molar-refractivity contribution < 1.29 is 33.8 Å². The smallest absolute Gasteiger partial charge is 0.341 e. The highest BCUT2D eigenvalue weighted by Gasteiger charge is 2.40. The Balaban J connectivity index is 1.73. The summed E-state index contributed by atoms with van der Waals surface area (Å²) in [5.74, 6) is -2.18. The highest BCUT2D eigenvalue weighted by atomic mass is 35.5. The maximum absolute atomic E-state index is 13.2.